The zero-order valence-corrected chi connectivity index (χ0v) is 12.2. The summed E-state index contributed by atoms with van der Waals surface area (Å²) in [4.78, 5) is 14.4. The number of nitrogens with zero attached hydrogens (tertiary/aromatic N) is 2. The van der Waals surface area contributed by atoms with E-state index in [-0.39, 0.29) is 5.69 Å². The number of aryl methyl sites for hydroxylation is 1. The van der Waals surface area contributed by atoms with Crippen molar-refractivity contribution < 1.29 is 9.66 Å². The Kier molecular flexibility index (Phi) is 5.06. The highest BCUT2D eigenvalue weighted by atomic mass is 79.9. The van der Waals surface area contributed by atoms with Crippen LogP contribution in [-0.4, -0.2) is 16.5 Å². The molecule has 1 aromatic heterocycles. The predicted octanol–water partition coefficient (Wildman–Crippen LogP) is 3.76. The number of nitro benzene ring substituents is 1. The van der Waals surface area contributed by atoms with Crippen molar-refractivity contribution in [3.05, 3.63) is 62.9 Å². The number of hydrogen-bond acceptors (Lipinski definition) is 4. The molecule has 0 aliphatic rings. The first-order chi connectivity index (χ1) is 9.66. The lowest BCUT2D eigenvalue weighted by Crippen LogP contribution is -2.02. The first-order valence-corrected chi connectivity index (χ1v) is 6.92. The summed E-state index contributed by atoms with van der Waals surface area (Å²) in [5, 5.41) is 10.9. The van der Waals surface area contributed by atoms with Crippen LogP contribution in [0.4, 0.5) is 5.69 Å². The van der Waals surface area contributed by atoms with Crippen molar-refractivity contribution in [2.24, 2.45) is 0 Å². The van der Waals surface area contributed by atoms with Gasteiger partial charge in [0.05, 0.1) is 11.5 Å². The fourth-order valence-electron chi connectivity index (χ4n) is 1.76. The van der Waals surface area contributed by atoms with Gasteiger partial charge in [0.25, 0.3) is 0 Å². The molecule has 0 atom stereocenters. The molecule has 6 heteroatoms. The second kappa shape index (κ2) is 7.00. The van der Waals surface area contributed by atoms with Crippen LogP contribution in [0.5, 0.6) is 5.75 Å². The highest BCUT2D eigenvalue weighted by molar-refractivity contribution is 9.10. The smallest absolute Gasteiger partial charge is 0.312 e. The van der Waals surface area contributed by atoms with Crippen molar-refractivity contribution in [2.75, 3.05) is 6.61 Å². The van der Waals surface area contributed by atoms with Crippen molar-refractivity contribution in [1.29, 1.82) is 0 Å². The molecule has 1 aromatic carbocycles. The van der Waals surface area contributed by atoms with Gasteiger partial charge in [-0.2, -0.15) is 0 Å². The van der Waals surface area contributed by atoms with E-state index in [0.29, 0.717) is 16.8 Å². The molecule has 0 amide bonds. The Bertz CT molecular complexity index is 590. The van der Waals surface area contributed by atoms with Crippen LogP contribution in [-0.2, 0) is 6.42 Å². The number of benzene rings is 1. The number of aromatic nitrogens is 1. The van der Waals surface area contributed by atoms with Crippen LogP contribution in [0.1, 0.15) is 12.0 Å². The van der Waals surface area contributed by atoms with Gasteiger partial charge in [-0.05, 0) is 42.7 Å². The van der Waals surface area contributed by atoms with Crippen molar-refractivity contribution in [2.45, 2.75) is 12.8 Å². The molecule has 1 heterocycles. The summed E-state index contributed by atoms with van der Waals surface area (Å²) in [5.41, 5.74) is 1.15. The van der Waals surface area contributed by atoms with E-state index in [2.05, 4.69) is 20.9 Å². The highest BCUT2D eigenvalue weighted by Gasteiger charge is 2.15. The predicted molar refractivity (Wildman–Crippen MR) is 78.8 cm³/mol. The maximum absolute atomic E-state index is 10.9. The van der Waals surface area contributed by atoms with Crippen LogP contribution < -0.4 is 4.74 Å². The van der Waals surface area contributed by atoms with E-state index >= 15 is 0 Å². The monoisotopic (exact) mass is 336 g/mol. The van der Waals surface area contributed by atoms with Crippen LogP contribution in [0.15, 0.2) is 47.2 Å². The number of nitro groups is 1. The van der Waals surface area contributed by atoms with E-state index in [4.69, 9.17) is 4.74 Å². The van der Waals surface area contributed by atoms with Gasteiger partial charge in [-0.3, -0.25) is 15.1 Å². The minimum atomic E-state index is -0.442. The lowest BCUT2D eigenvalue weighted by molar-refractivity contribution is -0.385. The standard InChI is InChI=1S/C14H13BrN2O3/c15-12-3-4-14(13(10-12)17(18)19)20-9-1-2-11-5-7-16-8-6-11/h3-8,10H,1-2,9H2. The molecule has 0 aliphatic heterocycles. The summed E-state index contributed by atoms with van der Waals surface area (Å²) < 4.78 is 6.16. The van der Waals surface area contributed by atoms with Gasteiger partial charge in [0.2, 0.25) is 0 Å². The molecular formula is C14H13BrN2O3. The van der Waals surface area contributed by atoms with Crippen LogP contribution >= 0.6 is 15.9 Å². The van der Waals surface area contributed by atoms with Gasteiger partial charge in [-0.15, -0.1) is 0 Å². The number of halogens is 1. The van der Waals surface area contributed by atoms with Gasteiger partial charge in [0.1, 0.15) is 0 Å². The van der Waals surface area contributed by atoms with E-state index < -0.39 is 4.92 Å². The zero-order valence-electron chi connectivity index (χ0n) is 10.7. The Morgan fingerprint density at radius 3 is 2.70 bits per heavy atom. The van der Waals surface area contributed by atoms with E-state index in [9.17, 15) is 10.1 Å². The van der Waals surface area contributed by atoms with Crippen LogP contribution in [0.2, 0.25) is 0 Å². The molecule has 0 radical (unpaired) electrons. The third-order valence-electron chi connectivity index (χ3n) is 2.73. The molecule has 2 aromatic rings. The maximum Gasteiger partial charge on any atom is 0.312 e. The topological polar surface area (TPSA) is 65.3 Å². The van der Waals surface area contributed by atoms with Crippen LogP contribution in [0.25, 0.3) is 0 Å². The summed E-state index contributed by atoms with van der Waals surface area (Å²) >= 11 is 3.21. The summed E-state index contributed by atoms with van der Waals surface area (Å²) in [7, 11) is 0. The molecule has 5 nitrogen and oxygen atoms in total. The fraction of sp³-hybridized carbons (Fsp3) is 0.214. The molecule has 2 rings (SSSR count). The van der Waals surface area contributed by atoms with Gasteiger partial charge in [-0.25, -0.2) is 0 Å². The molecule has 0 saturated carbocycles. The Balaban J connectivity index is 1.90. The average molecular weight is 337 g/mol. The van der Waals surface area contributed by atoms with Crippen molar-refractivity contribution >= 4 is 21.6 Å². The molecule has 0 saturated heterocycles. The molecule has 0 N–H and O–H groups in total. The number of ether oxygens (including phenoxy) is 1. The van der Waals surface area contributed by atoms with E-state index in [0.717, 1.165) is 12.8 Å². The quantitative estimate of drug-likeness (QED) is 0.457. The number of rotatable bonds is 6. The lowest BCUT2D eigenvalue weighted by Gasteiger charge is -2.07. The van der Waals surface area contributed by atoms with E-state index in [1.807, 2.05) is 12.1 Å². The molecule has 104 valence electrons. The highest BCUT2D eigenvalue weighted by Crippen LogP contribution is 2.30. The Morgan fingerprint density at radius 1 is 1.25 bits per heavy atom. The first kappa shape index (κ1) is 14.5. The van der Waals surface area contributed by atoms with Crippen molar-refractivity contribution in [3.8, 4) is 5.75 Å². The van der Waals surface area contributed by atoms with Gasteiger partial charge in [0.15, 0.2) is 5.75 Å². The third-order valence-corrected chi connectivity index (χ3v) is 3.23. The Labute approximate surface area is 124 Å². The first-order valence-electron chi connectivity index (χ1n) is 6.12. The van der Waals surface area contributed by atoms with E-state index in [1.165, 1.54) is 11.6 Å². The molecule has 0 aliphatic carbocycles. The summed E-state index contributed by atoms with van der Waals surface area (Å²) in [5.74, 6) is 0.299. The van der Waals surface area contributed by atoms with Crippen molar-refractivity contribution in [3.63, 3.8) is 0 Å². The summed E-state index contributed by atoms with van der Waals surface area (Å²) in [6.45, 7) is 0.435. The maximum atomic E-state index is 10.9. The molecule has 0 unspecified atom stereocenters. The van der Waals surface area contributed by atoms with Crippen molar-refractivity contribution in [1.82, 2.24) is 4.98 Å². The molecular weight excluding hydrogens is 324 g/mol. The lowest BCUT2D eigenvalue weighted by atomic mass is 10.1. The average Bonchev–Trinajstić information content (AvgIpc) is 2.45. The van der Waals surface area contributed by atoms with Crippen LogP contribution in [0, 0.1) is 10.1 Å². The Hall–Kier alpha value is -1.95. The second-order valence-electron chi connectivity index (χ2n) is 4.18. The summed E-state index contributed by atoms with van der Waals surface area (Å²) in [6, 6.07) is 8.67. The fourth-order valence-corrected chi connectivity index (χ4v) is 2.11. The zero-order chi connectivity index (χ0) is 14.4. The SMILES string of the molecule is O=[N+]([O-])c1cc(Br)ccc1OCCCc1ccncc1. The Morgan fingerprint density at radius 2 is 2.00 bits per heavy atom. The largest absolute Gasteiger partial charge is 0.487 e. The minimum Gasteiger partial charge on any atom is -0.487 e. The number of hydrogen-bond donors (Lipinski definition) is 0. The molecule has 20 heavy (non-hydrogen) atoms. The second-order valence-corrected chi connectivity index (χ2v) is 5.09. The molecule has 0 fully saturated rings. The minimum absolute atomic E-state index is 0.0247. The molecule has 0 spiro atoms. The van der Waals surface area contributed by atoms with Gasteiger partial charge in [-0.1, -0.05) is 15.9 Å². The number of pyridine rings is 1. The van der Waals surface area contributed by atoms with Gasteiger partial charge in [0, 0.05) is 22.9 Å². The van der Waals surface area contributed by atoms with Gasteiger partial charge >= 0.3 is 5.69 Å². The van der Waals surface area contributed by atoms with E-state index in [1.54, 1.807) is 24.5 Å². The van der Waals surface area contributed by atoms with Gasteiger partial charge < -0.3 is 4.74 Å². The normalized spacial score (nSPS) is 10.2. The summed E-state index contributed by atoms with van der Waals surface area (Å²) in [6.07, 6.45) is 5.13. The third kappa shape index (κ3) is 4.03. The van der Waals surface area contributed by atoms with Crippen LogP contribution in [0.3, 0.4) is 0 Å². The molecule has 0 bridgehead atoms.